The number of hydrogen-bond acceptors (Lipinski definition) is 4. The molecule has 162 valence electrons. The summed E-state index contributed by atoms with van der Waals surface area (Å²) in [6.45, 7) is 4.36. The van der Waals surface area contributed by atoms with Gasteiger partial charge in [0.2, 0.25) is 5.76 Å². The Labute approximate surface area is 213 Å². The number of carbonyl (C=O) groups is 1. The number of amides is 1. The van der Waals surface area contributed by atoms with Crippen LogP contribution in [-0.2, 0) is 29.0 Å². The Hall–Kier alpha value is -1.40. The van der Waals surface area contributed by atoms with E-state index in [0.29, 0.717) is 41.8 Å². The summed E-state index contributed by atoms with van der Waals surface area (Å²) in [6, 6.07) is 6.63. The topological polar surface area (TPSA) is 93.5 Å². The number of nitrogens with zero attached hydrogens (tertiary/aromatic N) is 3. The number of ether oxygens (including phenoxy) is 3. The number of aliphatic imine (C=N–C) groups is 1. The first-order valence-electron chi connectivity index (χ1n) is 7.81. The number of carbonyl (C=O) groups excluding carboxylic acids is 1. The van der Waals surface area contributed by atoms with Gasteiger partial charge < -0.3 is 57.0 Å². The minimum absolute atomic E-state index is 0. The molecule has 0 aromatic heterocycles. The van der Waals surface area contributed by atoms with Crippen molar-refractivity contribution in [3.05, 3.63) is 59.0 Å². The number of allylic oxidation sites excluding steroid dienone is 2. The summed E-state index contributed by atoms with van der Waals surface area (Å²) in [7, 11) is 1.55. The molecular formula is C18H20Cl4N3O4Zn-. The standard InChI is InChI=1S/C18H19N3O4.4ClH.Zn/c1-4-24-16-11-15(21-19)17(25-5-2)10-14(16)20-18(22)12-6-8-13(23-3)9-7-12;;;;;/h6-11H,4-5H2,1-3H3;4*1H;/q;;;;;+2/p-3. The zero-order valence-corrected chi connectivity index (χ0v) is 22.7. The fraction of sp³-hybridized carbons (Fsp3) is 0.278. The van der Waals surface area contributed by atoms with Crippen molar-refractivity contribution in [1.29, 1.82) is 0 Å². The Kier molecular flexibility index (Phi) is 22.1. The molecule has 0 saturated carbocycles. The second-order valence-corrected chi connectivity index (χ2v) is 4.90. The zero-order valence-electron chi connectivity index (χ0n) is 16.6. The molecule has 1 amide bonds. The van der Waals surface area contributed by atoms with Crippen molar-refractivity contribution in [3.63, 3.8) is 0 Å². The fourth-order valence-corrected chi connectivity index (χ4v) is 2.15. The number of hydrogen-bond donors (Lipinski definition) is 0. The predicted octanol–water partition coefficient (Wildman–Crippen LogP) is -5.77. The van der Waals surface area contributed by atoms with Crippen LogP contribution in [0.4, 0.5) is 0 Å². The zero-order chi connectivity index (χ0) is 18.2. The molecule has 0 aliphatic heterocycles. The van der Waals surface area contributed by atoms with Crippen LogP contribution in [0.25, 0.3) is 5.53 Å². The first-order valence-corrected chi connectivity index (χ1v) is 7.81. The van der Waals surface area contributed by atoms with Crippen molar-refractivity contribution >= 4 is 29.7 Å². The number of benzene rings is 1. The van der Waals surface area contributed by atoms with E-state index in [-0.39, 0.29) is 74.8 Å². The minimum atomic E-state index is -0.431. The van der Waals surface area contributed by atoms with Gasteiger partial charge in [0, 0.05) is 11.6 Å². The molecule has 0 unspecified atom stereocenters. The van der Waals surface area contributed by atoms with Gasteiger partial charge in [-0.05, 0) is 38.1 Å². The first kappa shape index (κ1) is 36.0. The molecule has 2 rings (SSSR count). The van der Waals surface area contributed by atoms with Crippen LogP contribution in [0.5, 0.6) is 5.75 Å². The molecule has 30 heavy (non-hydrogen) atoms. The van der Waals surface area contributed by atoms with E-state index >= 15 is 0 Å². The molecule has 1 aliphatic carbocycles. The maximum absolute atomic E-state index is 12.4. The summed E-state index contributed by atoms with van der Waals surface area (Å²) >= 11 is 0. The monoisotopic (exact) mass is 546 g/mol. The maximum atomic E-state index is 12.4. The predicted molar refractivity (Wildman–Crippen MR) is 100 cm³/mol. The van der Waals surface area contributed by atoms with Crippen molar-refractivity contribution in [2.75, 3.05) is 20.3 Å². The molecular weight excluding hydrogens is 529 g/mol. The van der Waals surface area contributed by atoms with E-state index in [1.807, 2.05) is 0 Å². The van der Waals surface area contributed by atoms with E-state index in [9.17, 15) is 4.79 Å². The van der Waals surface area contributed by atoms with Crippen LogP contribution in [0.2, 0.25) is 0 Å². The summed E-state index contributed by atoms with van der Waals surface area (Å²) in [5.74, 6) is 0.870. The van der Waals surface area contributed by atoms with Gasteiger partial charge >= 0.3 is 25.2 Å². The first-order chi connectivity index (χ1) is 12.1. The average Bonchev–Trinajstić information content (AvgIpc) is 2.64. The Bertz CT molecular complexity index is 808. The Morgan fingerprint density at radius 3 is 2.00 bits per heavy atom. The summed E-state index contributed by atoms with van der Waals surface area (Å²) < 4.78 is 16.0. The van der Waals surface area contributed by atoms with Gasteiger partial charge in [0.1, 0.15) is 11.5 Å². The molecule has 0 fully saturated rings. The summed E-state index contributed by atoms with van der Waals surface area (Å²) in [6.07, 6.45) is 3.00. The van der Waals surface area contributed by atoms with E-state index in [1.54, 1.807) is 45.2 Å². The number of methoxy groups -OCH3 is 1. The smallest absolute Gasteiger partial charge is 1.00 e. The van der Waals surface area contributed by atoms with E-state index < -0.39 is 5.91 Å². The molecule has 1 aliphatic rings. The Morgan fingerprint density at radius 1 is 1.00 bits per heavy atom. The Morgan fingerprint density at radius 2 is 1.53 bits per heavy atom. The van der Waals surface area contributed by atoms with Crippen molar-refractivity contribution in [2.24, 2.45) is 4.99 Å². The average molecular weight is 550 g/mol. The Balaban J connectivity index is -0.000000676. The SMILES string of the molecule is CCOC1=CC(=[N+]=[N-])C(OCC)=CC1=NC(=O)c1ccc(OC)cc1.Cl.[Cl-].[Cl-].[Cl-].[Zn+2]. The molecule has 0 bridgehead atoms. The van der Waals surface area contributed by atoms with Crippen LogP contribution < -0.4 is 42.0 Å². The molecule has 0 N–H and O–H groups in total. The van der Waals surface area contributed by atoms with Gasteiger partial charge in [-0.3, -0.25) is 4.79 Å². The fourth-order valence-electron chi connectivity index (χ4n) is 2.15. The van der Waals surface area contributed by atoms with Gasteiger partial charge in [0.05, 0.1) is 26.4 Å². The second kappa shape index (κ2) is 18.4. The number of halogens is 4. The summed E-state index contributed by atoms with van der Waals surface area (Å²) in [5, 5.41) is 0. The van der Waals surface area contributed by atoms with Crippen LogP contribution in [0.3, 0.4) is 0 Å². The third kappa shape index (κ3) is 9.61. The largest absolute Gasteiger partial charge is 2.00 e. The normalized spacial score (nSPS) is 12.6. The molecule has 0 heterocycles. The number of rotatable bonds is 6. The third-order valence-corrected chi connectivity index (χ3v) is 3.31. The third-order valence-electron chi connectivity index (χ3n) is 3.31. The van der Waals surface area contributed by atoms with Crippen LogP contribution in [0.1, 0.15) is 24.2 Å². The minimum Gasteiger partial charge on any atom is -1.00 e. The summed E-state index contributed by atoms with van der Waals surface area (Å²) in [5.41, 5.74) is 10.0. The molecule has 7 nitrogen and oxygen atoms in total. The van der Waals surface area contributed by atoms with E-state index in [0.717, 1.165) is 0 Å². The molecule has 0 saturated heterocycles. The van der Waals surface area contributed by atoms with Gasteiger partial charge in [0.25, 0.3) is 5.91 Å². The summed E-state index contributed by atoms with van der Waals surface area (Å²) in [4.78, 5) is 19.7. The van der Waals surface area contributed by atoms with Crippen LogP contribution in [0, 0.1) is 0 Å². The van der Waals surface area contributed by atoms with E-state index in [4.69, 9.17) is 19.7 Å². The van der Waals surface area contributed by atoms with Crippen molar-refractivity contribution in [2.45, 2.75) is 13.8 Å². The van der Waals surface area contributed by atoms with Crippen molar-refractivity contribution in [1.82, 2.24) is 0 Å². The van der Waals surface area contributed by atoms with Gasteiger partial charge in [-0.15, -0.1) is 12.4 Å². The van der Waals surface area contributed by atoms with Crippen LogP contribution in [-0.4, -0.2) is 42.4 Å². The second-order valence-electron chi connectivity index (χ2n) is 4.90. The maximum Gasteiger partial charge on any atom is 2.00 e. The van der Waals surface area contributed by atoms with Gasteiger partial charge in [0.15, 0.2) is 5.76 Å². The van der Waals surface area contributed by atoms with E-state index in [1.165, 1.54) is 12.2 Å². The van der Waals surface area contributed by atoms with Gasteiger partial charge in [-0.1, -0.05) is 0 Å². The molecule has 1 aromatic carbocycles. The molecule has 0 spiro atoms. The molecule has 12 heteroatoms. The molecule has 0 radical (unpaired) electrons. The van der Waals surface area contributed by atoms with Gasteiger partial charge in [-0.25, -0.2) is 4.99 Å². The van der Waals surface area contributed by atoms with Crippen molar-refractivity contribution < 1.29 is 80.5 Å². The molecule has 1 aromatic rings. The van der Waals surface area contributed by atoms with Crippen LogP contribution in [0.15, 0.2) is 52.9 Å². The van der Waals surface area contributed by atoms with E-state index in [2.05, 4.69) is 9.78 Å². The molecule has 0 atom stereocenters. The van der Waals surface area contributed by atoms with Gasteiger partial charge in [-0.2, -0.15) is 4.79 Å². The van der Waals surface area contributed by atoms with Crippen molar-refractivity contribution in [3.8, 4) is 5.75 Å². The van der Waals surface area contributed by atoms with Crippen LogP contribution >= 0.6 is 12.4 Å². The quantitative estimate of drug-likeness (QED) is 0.153.